The van der Waals surface area contributed by atoms with Crippen LogP contribution in [0.2, 0.25) is 36.3 Å². The molecule has 24 heavy (non-hydrogen) atoms. The van der Waals surface area contributed by atoms with E-state index in [2.05, 4.69) is 74.7 Å². The van der Waals surface area contributed by atoms with Crippen LogP contribution in [0.15, 0.2) is 0 Å². The van der Waals surface area contributed by atoms with E-state index in [1.54, 1.807) is 0 Å². The Morgan fingerprint density at radius 1 is 0.875 bits per heavy atom. The first-order chi connectivity index (χ1) is 10.5. The number of rotatable bonds is 8. The van der Waals surface area contributed by atoms with Crippen molar-refractivity contribution in [3.8, 4) is 0 Å². The Morgan fingerprint density at radius 2 is 1.29 bits per heavy atom. The monoisotopic (exact) mass is 374 g/mol. The van der Waals surface area contributed by atoms with Crippen molar-refractivity contribution in [3.05, 3.63) is 0 Å². The largest absolute Gasteiger partial charge is 0.416 e. The second-order valence-corrected chi connectivity index (χ2v) is 20.0. The van der Waals surface area contributed by atoms with Crippen molar-refractivity contribution in [2.45, 2.75) is 97.8 Å². The average Bonchev–Trinajstić information content (AvgIpc) is 2.38. The van der Waals surface area contributed by atoms with Crippen LogP contribution in [-0.4, -0.2) is 35.6 Å². The van der Waals surface area contributed by atoms with Crippen molar-refractivity contribution >= 4 is 22.9 Å². The van der Waals surface area contributed by atoms with Crippen molar-refractivity contribution in [1.82, 2.24) is 0 Å². The van der Waals surface area contributed by atoms with Gasteiger partial charge in [-0.2, -0.15) is 0 Å². The van der Waals surface area contributed by atoms with Crippen LogP contribution in [0.4, 0.5) is 0 Å². The van der Waals surface area contributed by atoms with E-state index in [1.807, 2.05) is 6.92 Å². The van der Waals surface area contributed by atoms with Crippen molar-refractivity contribution in [3.63, 3.8) is 0 Å². The lowest BCUT2D eigenvalue weighted by Crippen LogP contribution is -2.49. The number of aldehydes is 1. The Labute approximate surface area is 153 Å². The highest BCUT2D eigenvalue weighted by atomic mass is 28.4. The molecule has 5 heteroatoms. The van der Waals surface area contributed by atoms with Crippen LogP contribution < -0.4 is 0 Å². The zero-order valence-electron chi connectivity index (χ0n) is 18.2. The molecule has 0 N–H and O–H groups in total. The minimum atomic E-state index is -1.92. The van der Waals surface area contributed by atoms with Gasteiger partial charge >= 0.3 is 0 Å². The van der Waals surface area contributed by atoms with Gasteiger partial charge in [-0.15, -0.1) is 0 Å². The topological polar surface area (TPSA) is 35.5 Å². The molecule has 0 radical (unpaired) electrons. The third-order valence-corrected chi connectivity index (χ3v) is 15.0. The molecule has 0 aromatic rings. The number of carbonyl (C=O) groups excluding carboxylic acids is 1. The molecule has 0 amide bonds. The third-order valence-electron chi connectivity index (χ3n) is 6.04. The molecule has 0 bridgehead atoms. The normalized spacial score (nSPS) is 18.2. The maximum Gasteiger partial charge on any atom is 0.192 e. The van der Waals surface area contributed by atoms with E-state index < -0.39 is 16.6 Å². The van der Waals surface area contributed by atoms with Crippen molar-refractivity contribution in [2.75, 3.05) is 6.61 Å². The molecule has 3 atom stereocenters. The van der Waals surface area contributed by atoms with Gasteiger partial charge in [-0.25, -0.2) is 0 Å². The molecule has 3 nitrogen and oxygen atoms in total. The van der Waals surface area contributed by atoms with Gasteiger partial charge in [0.1, 0.15) is 6.29 Å². The van der Waals surface area contributed by atoms with Gasteiger partial charge in [-0.1, -0.05) is 55.4 Å². The summed E-state index contributed by atoms with van der Waals surface area (Å²) in [6.07, 6.45) is 0.953. The molecule has 0 heterocycles. The minimum absolute atomic E-state index is 0.0758. The van der Waals surface area contributed by atoms with E-state index in [0.29, 0.717) is 6.61 Å². The van der Waals surface area contributed by atoms with Gasteiger partial charge < -0.3 is 13.6 Å². The van der Waals surface area contributed by atoms with Gasteiger partial charge in [-0.3, -0.25) is 0 Å². The molecule has 0 aliphatic carbocycles. The lowest BCUT2D eigenvalue weighted by molar-refractivity contribution is -0.114. The highest BCUT2D eigenvalue weighted by Gasteiger charge is 2.42. The van der Waals surface area contributed by atoms with Crippen molar-refractivity contribution < 1.29 is 13.6 Å². The fourth-order valence-corrected chi connectivity index (χ4v) is 4.58. The van der Waals surface area contributed by atoms with E-state index in [0.717, 1.165) is 6.29 Å². The molecular formula is C19H42O3Si2. The van der Waals surface area contributed by atoms with Crippen LogP contribution in [0.25, 0.3) is 0 Å². The van der Waals surface area contributed by atoms with E-state index in [-0.39, 0.29) is 28.0 Å². The predicted octanol–water partition coefficient (Wildman–Crippen LogP) is 5.87. The summed E-state index contributed by atoms with van der Waals surface area (Å²) in [5, 5.41) is 0.326. The van der Waals surface area contributed by atoms with Crippen LogP contribution in [0.5, 0.6) is 0 Å². The summed E-state index contributed by atoms with van der Waals surface area (Å²) in [5.41, 5.74) is 0. The Hall–Kier alpha value is 0.0238. The summed E-state index contributed by atoms with van der Waals surface area (Å²) in [6, 6.07) is 0. The van der Waals surface area contributed by atoms with Crippen LogP contribution >= 0.6 is 0 Å². The molecular weight excluding hydrogens is 332 g/mol. The van der Waals surface area contributed by atoms with Gasteiger partial charge in [0.05, 0.1) is 6.10 Å². The van der Waals surface area contributed by atoms with Gasteiger partial charge in [0.2, 0.25) is 0 Å². The first-order valence-corrected chi connectivity index (χ1v) is 15.0. The summed E-state index contributed by atoms with van der Waals surface area (Å²) >= 11 is 0. The lowest BCUT2D eigenvalue weighted by atomic mass is 9.95. The van der Waals surface area contributed by atoms with Crippen molar-refractivity contribution in [2.24, 2.45) is 11.8 Å². The fraction of sp³-hybridized carbons (Fsp3) is 0.947. The Morgan fingerprint density at radius 3 is 1.62 bits per heavy atom. The minimum Gasteiger partial charge on any atom is -0.416 e. The summed E-state index contributed by atoms with van der Waals surface area (Å²) in [6.45, 7) is 27.3. The first-order valence-electron chi connectivity index (χ1n) is 9.23. The zero-order chi connectivity index (χ0) is 19.6. The molecule has 144 valence electrons. The number of carbonyl (C=O) groups is 1. The summed E-state index contributed by atoms with van der Waals surface area (Å²) in [5.74, 6) is 0.0885. The Kier molecular flexibility index (Phi) is 8.16. The fourth-order valence-electron chi connectivity index (χ4n) is 1.99. The number of hydrogen-bond acceptors (Lipinski definition) is 3. The summed E-state index contributed by atoms with van der Waals surface area (Å²) < 4.78 is 13.0. The second kappa shape index (κ2) is 8.15. The quantitative estimate of drug-likeness (QED) is 0.394. The molecule has 0 saturated carbocycles. The molecule has 0 fully saturated rings. The number of hydrogen-bond donors (Lipinski definition) is 0. The van der Waals surface area contributed by atoms with Crippen LogP contribution in [0, 0.1) is 11.8 Å². The van der Waals surface area contributed by atoms with Crippen LogP contribution in [-0.2, 0) is 13.6 Å². The molecule has 0 spiro atoms. The van der Waals surface area contributed by atoms with Gasteiger partial charge in [0, 0.05) is 18.4 Å². The van der Waals surface area contributed by atoms with E-state index in [9.17, 15) is 4.79 Å². The third kappa shape index (κ3) is 6.39. The van der Waals surface area contributed by atoms with E-state index in [4.69, 9.17) is 8.85 Å². The second-order valence-electron chi connectivity index (χ2n) is 10.4. The lowest BCUT2D eigenvalue weighted by Gasteiger charge is -2.43. The molecule has 0 aliphatic rings. The average molecular weight is 375 g/mol. The molecule has 0 aliphatic heterocycles. The SMILES string of the molecule is C[C@H](C=O)[C@H](O[Si](C)(C)C(C)(C)C)[C@H](C)CO[Si](C)(C)C(C)(C)C. The highest BCUT2D eigenvalue weighted by molar-refractivity contribution is 6.74. The van der Waals surface area contributed by atoms with E-state index in [1.165, 1.54) is 0 Å². The maximum atomic E-state index is 11.4. The molecule has 0 aromatic carbocycles. The molecule has 0 saturated heterocycles. The summed E-state index contributed by atoms with van der Waals surface area (Å²) in [4.78, 5) is 11.4. The van der Waals surface area contributed by atoms with E-state index >= 15 is 0 Å². The first kappa shape index (κ1) is 24.0. The van der Waals surface area contributed by atoms with Gasteiger partial charge in [-0.05, 0) is 36.3 Å². The zero-order valence-corrected chi connectivity index (χ0v) is 20.2. The van der Waals surface area contributed by atoms with Gasteiger partial charge in [0.15, 0.2) is 16.6 Å². The van der Waals surface area contributed by atoms with Crippen molar-refractivity contribution in [1.29, 1.82) is 0 Å². The standard InChI is InChI=1S/C19H42O3Si2/c1-15(13-20)17(22-24(11,12)19(6,7)8)16(2)14-21-23(9,10)18(3,4)5/h13,15-17H,14H2,1-12H3/t15-,16-,17+/m1/s1. The van der Waals surface area contributed by atoms with Crippen LogP contribution in [0.3, 0.4) is 0 Å². The maximum absolute atomic E-state index is 11.4. The molecule has 0 unspecified atom stereocenters. The highest BCUT2D eigenvalue weighted by Crippen LogP contribution is 2.40. The smallest absolute Gasteiger partial charge is 0.192 e. The Bertz CT molecular complexity index is 406. The Balaban J connectivity index is 5.18. The molecule has 0 aromatic heterocycles. The van der Waals surface area contributed by atoms with Gasteiger partial charge in [0.25, 0.3) is 0 Å². The predicted molar refractivity (Wildman–Crippen MR) is 110 cm³/mol. The van der Waals surface area contributed by atoms with Crippen LogP contribution in [0.1, 0.15) is 55.4 Å². The summed E-state index contributed by atoms with van der Waals surface area (Å²) in [7, 11) is -3.71. The molecule has 0 rings (SSSR count).